The summed E-state index contributed by atoms with van der Waals surface area (Å²) >= 11 is 3.39. The average molecular weight is 325 g/mol. The van der Waals surface area contributed by atoms with Crippen LogP contribution in [0.2, 0.25) is 0 Å². The molecule has 0 fully saturated rings. The first-order chi connectivity index (χ1) is 8.99. The van der Waals surface area contributed by atoms with Crippen molar-refractivity contribution >= 4 is 15.9 Å². The maximum absolute atomic E-state index is 13.6. The molecule has 2 rings (SSSR count). The summed E-state index contributed by atoms with van der Waals surface area (Å²) in [7, 11) is 0. The quantitative estimate of drug-likeness (QED) is 0.883. The highest BCUT2D eigenvalue weighted by Crippen LogP contribution is 2.34. The van der Waals surface area contributed by atoms with Crippen molar-refractivity contribution in [2.45, 2.75) is 20.0 Å². The van der Waals surface area contributed by atoms with Gasteiger partial charge in [-0.1, -0.05) is 12.1 Å². The van der Waals surface area contributed by atoms with Crippen molar-refractivity contribution in [2.24, 2.45) is 0 Å². The standard InChI is InChI=1S/C15H14BrFO2/c1-9-7-15(11(10(2)18)8-13(9)17)19-14-6-4-3-5-12(14)16/h3-8,10,18H,1-2H3/t10-/m1/s1. The van der Waals surface area contributed by atoms with Gasteiger partial charge in [0.05, 0.1) is 10.6 Å². The molecule has 0 saturated carbocycles. The Labute approximate surface area is 120 Å². The molecular formula is C15H14BrFO2. The Morgan fingerprint density at radius 1 is 1.21 bits per heavy atom. The number of hydrogen-bond donors (Lipinski definition) is 1. The molecule has 2 aromatic carbocycles. The first-order valence-electron chi connectivity index (χ1n) is 5.89. The molecule has 0 saturated heterocycles. The van der Waals surface area contributed by atoms with E-state index in [1.165, 1.54) is 6.07 Å². The fourth-order valence-corrected chi connectivity index (χ4v) is 2.10. The van der Waals surface area contributed by atoms with E-state index >= 15 is 0 Å². The van der Waals surface area contributed by atoms with Crippen molar-refractivity contribution in [3.8, 4) is 11.5 Å². The maximum Gasteiger partial charge on any atom is 0.141 e. The second-order valence-electron chi connectivity index (χ2n) is 4.35. The van der Waals surface area contributed by atoms with Gasteiger partial charge in [-0.3, -0.25) is 0 Å². The predicted molar refractivity (Wildman–Crippen MR) is 76.0 cm³/mol. The van der Waals surface area contributed by atoms with Crippen molar-refractivity contribution in [1.29, 1.82) is 0 Å². The van der Waals surface area contributed by atoms with Crippen LogP contribution >= 0.6 is 15.9 Å². The van der Waals surface area contributed by atoms with Gasteiger partial charge in [-0.2, -0.15) is 0 Å². The van der Waals surface area contributed by atoms with Crippen LogP contribution in [0, 0.1) is 12.7 Å². The van der Waals surface area contributed by atoms with Gasteiger partial charge in [0.15, 0.2) is 0 Å². The molecule has 0 aliphatic carbocycles. The van der Waals surface area contributed by atoms with Gasteiger partial charge in [0.25, 0.3) is 0 Å². The number of aryl methyl sites for hydroxylation is 1. The highest BCUT2D eigenvalue weighted by molar-refractivity contribution is 9.10. The lowest BCUT2D eigenvalue weighted by atomic mass is 10.1. The first kappa shape index (κ1) is 14.0. The van der Waals surface area contributed by atoms with E-state index < -0.39 is 6.10 Å². The number of para-hydroxylation sites is 1. The number of halogens is 2. The molecule has 0 aliphatic heterocycles. The SMILES string of the molecule is Cc1cc(Oc2ccccc2Br)c([C@@H](C)O)cc1F. The topological polar surface area (TPSA) is 29.5 Å². The highest BCUT2D eigenvalue weighted by atomic mass is 79.9. The predicted octanol–water partition coefficient (Wildman–Crippen LogP) is 4.74. The van der Waals surface area contributed by atoms with Crippen molar-refractivity contribution < 1.29 is 14.2 Å². The Balaban J connectivity index is 2.45. The Morgan fingerprint density at radius 3 is 2.53 bits per heavy atom. The fraction of sp³-hybridized carbons (Fsp3) is 0.200. The summed E-state index contributed by atoms with van der Waals surface area (Å²) in [6.07, 6.45) is -0.799. The zero-order chi connectivity index (χ0) is 14.0. The minimum absolute atomic E-state index is 0.352. The van der Waals surface area contributed by atoms with Gasteiger partial charge in [-0.15, -0.1) is 0 Å². The van der Waals surface area contributed by atoms with Crippen molar-refractivity contribution in [2.75, 3.05) is 0 Å². The van der Waals surface area contributed by atoms with Crippen LogP contribution in [0.15, 0.2) is 40.9 Å². The first-order valence-corrected chi connectivity index (χ1v) is 6.69. The lowest BCUT2D eigenvalue weighted by Crippen LogP contribution is -1.99. The van der Waals surface area contributed by atoms with Gasteiger partial charge in [0, 0.05) is 5.56 Å². The molecule has 0 unspecified atom stereocenters. The Kier molecular flexibility index (Phi) is 4.22. The molecular weight excluding hydrogens is 311 g/mol. The van der Waals surface area contributed by atoms with Crippen LogP contribution < -0.4 is 4.74 Å². The van der Waals surface area contributed by atoms with E-state index in [1.807, 2.05) is 18.2 Å². The molecule has 0 heterocycles. The molecule has 0 spiro atoms. The number of ether oxygens (including phenoxy) is 1. The molecule has 0 bridgehead atoms. The van der Waals surface area contributed by atoms with Crippen molar-refractivity contribution in [3.05, 3.63) is 57.8 Å². The third-order valence-electron chi connectivity index (χ3n) is 2.80. The van der Waals surface area contributed by atoms with Crippen LogP contribution in [0.5, 0.6) is 11.5 Å². The zero-order valence-electron chi connectivity index (χ0n) is 10.7. The van der Waals surface area contributed by atoms with Gasteiger partial charge in [0.2, 0.25) is 0 Å². The van der Waals surface area contributed by atoms with E-state index in [9.17, 15) is 9.50 Å². The lowest BCUT2D eigenvalue weighted by molar-refractivity contribution is 0.195. The van der Waals surface area contributed by atoms with Crippen LogP contribution in [-0.2, 0) is 0 Å². The van der Waals surface area contributed by atoms with Gasteiger partial charge in [0.1, 0.15) is 17.3 Å². The van der Waals surface area contributed by atoms with Gasteiger partial charge in [-0.05, 0) is 59.6 Å². The molecule has 2 aromatic rings. The summed E-state index contributed by atoms with van der Waals surface area (Å²) in [4.78, 5) is 0. The van der Waals surface area contributed by atoms with Gasteiger partial charge in [-0.25, -0.2) is 4.39 Å². The minimum Gasteiger partial charge on any atom is -0.456 e. The highest BCUT2D eigenvalue weighted by Gasteiger charge is 2.14. The largest absolute Gasteiger partial charge is 0.456 e. The summed E-state index contributed by atoms with van der Waals surface area (Å²) in [6.45, 7) is 3.24. The van der Waals surface area contributed by atoms with Crippen LogP contribution in [0.1, 0.15) is 24.2 Å². The Morgan fingerprint density at radius 2 is 1.89 bits per heavy atom. The van der Waals surface area contributed by atoms with E-state index in [0.717, 1.165) is 4.47 Å². The van der Waals surface area contributed by atoms with Crippen LogP contribution in [0.3, 0.4) is 0 Å². The van der Waals surface area contributed by atoms with Crippen LogP contribution in [0.4, 0.5) is 4.39 Å². The van der Waals surface area contributed by atoms with Gasteiger partial charge >= 0.3 is 0 Å². The molecule has 4 heteroatoms. The smallest absolute Gasteiger partial charge is 0.141 e. The Hall–Kier alpha value is -1.39. The average Bonchev–Trinajstić information content (AvgIpc) is 2.36. The maximum atomic E-state index is 13.6. The number of rotatable bonds is 3. The molecule has 0 radical (unpaired) electrons. The molecule has 0 amide bonds. The third-order valence-corrected chi connectivity index (χ3v) is 3.45. The van der Waals surface area contributed by atoms with Gasteiger partial charge < -0.3 is 9.84 Å². The fourth-order valence-electron chi connectivity index (χ4n) is 1.73. The zero-order valence-corrected chi connectivity index (χ0v) is 12.2. The van der Waals surface area contributed by atoms with Crippen LogP contribution in [-0.4, -0.2) is 5.11 Å². The molecule has 0 aromatic heterocycles. The lowest BCUT2D eigenvalue weighted by Gasteiger charge is -2.15. The van der Waals surface area contributed by atoms with E-state index in [-0.39, 0.29) is 5.82 Å². The van der Waals surface area contributed by atoms with E-state index in [1.54, 1.807) is 26.0 Å². The normalized spacial score (nSPS) is 12.3. The molecule has 2 nitrogen and oxygen atoms in total. The number of aliphatic hydroxyl groups excluding tert-OH is 1. The molecule has 0 aliphatic rings. The Bertz CT molecular complexity index is 597. The number of benzene rings is 2. The summed E-state index contributed by atoms with van der Waals surface area (Å²) in [6, 6.07) is 10.3. The minimum atomic E-state index is -0.799. The number of hydrogen-bond acceptors (Lipinski definition) is 2. The van der Waals surface area contributed by atoms with E-state index in [4.69, 9.17) is 4.74 Å². The van der Waals surface area contributed by atoms with Crippen molar-refractivity contribution in [3.63, 3.8) is 0 Å². The second kappa shape index (κ2) is 5.72. The van der Waals surface area contributed by atoms with Crippen molar-refractivity contribution in [1.82, 2.24) is 0 Å². The van der Waals surface area contributed by atoms with E-state index in [2.05, 4.69) is 15.9 Å². The van der Waals surface area contributed by atoms with Crippen LogP contribution in [0.25, 0.3) is 0 Å². The summed E-state index contributed by atoms with van der Waals surface area (Å²) < 4.78 is 20.1. The second-order valence-corrected chi connectivity index (χ2v) is 5.20. The monoisotopic (exact) mass is 324 g/mol. The molecule has 19 heavy (non-hydrogen) atoms. The third kappa shape index (κ3) is 3.14. The summed E-state index contributed by atoms with van der Waals surface area (Å²) in [5.41, 5.74) is 0.908. The summed E-state index contributed by atoms with van der Waals surface area (Å²) in [5.74, 6) is 0.728. The van der Waals surface area contributed by atoms with E-state index in [0.29, 0.717) is 22.6 Å². The molecule has 1 atom stereocenters. The number of aliphatic hydroxyl groups is 1. The molecule has 1 N–H and O–H groups in total. The molecule has 100 valence electrons. The summed E-state index contributed by atoms with van der Waals surface area (Å²) in [5, 5.41) is 9.71.